The molecule has 4 nitrogen and oxygen atoms in total. The summed E-state index contributed by atoms with van der Waals surface area (Å²) in [5.41, 5.74) is 1.81. The summed E-state index contributed by atoms with van der Waals surface area (Å²) < 4.78 is 5.99. The van der Waals surface area contributed by atoms with Crippen LogP contribution in [0, 0.1) is 5.41 Å². The Morgan fingerprint density at radius 1 is 1.27 bits per heavy atom. The van der Waals surface area contributed by atoms with Gasteiger partial charge >= 0.3 is 5.97 Å². The van der Waals surface area contributed by atoms with Gasteiger partial charge in [-0.05, 0) is 18.9 Å². The molecule has 0 bridgehead atoms. The number of rotatable bonds is 4. The first-order valence-corrected chi connectivity index (χ1v) is 7.79. The van der Waals surface area contributed by atoms with E-state index >= 15 is 0 Å². The Hall–Kier alpha value is -2.07. The number of nitrogens with zero attached hydrogens (tertiary/aromatic N) is 1. The van der Waals surface area contributed by atoms with Gasteiger partial charge in [-0.15, -0.1) is 0 Å². The highest BCUT2D eigenvalue weighted by molar-refractivity contribution is 5.78. The van der Waals surface area contributed by atoms with Crippen molar-refractivity contribution in [2.24, 2.45) is 5.41 Å². The summed E-state index contributed by atoms with van der Waals surface area (Å²) in [5, 5.41) is 9.34. The van der Waals surface area contributed by atoms with E-state index in [0.717, 1.165) is 49.4 Å². The average Bonchev–Trinajstić information content (AvgIpc) is 3.19. The molecule has 1 fully saturated rings. The Kier molecular flexibility index (Phi) is 3.08. The Morgan fingerprint density at radius 3 is 2.73 bits per heavy atom. The molecule has 0 atom stereocenters. The van der Waals surface area contributed by atoms with Gasteiger partial charge in [0.1, 0.15) is 11.5 Å². The van der Waals surface area contributed by atoms with Gasteiger partial charge in [0.15, 0.2) is 0 Å². The molecule has 0 spiro atoms. The van der Waals surface area contributed by atoms with Crippen LogP contribution in [-0.4, -0.2) is 29.1 Å². The van der Waals surface area contributed by atoms with Crippen molar-refractivity contribution in [3.05, 3.63) is 47.7 Å². The third-order valence-electron chi connectivity index (χ3n) is 4.84. The maximum atomic E-state index is 11.3. The molecule has 2 aromatic rings. The SMILES string of the molecule is O=C(O)C1(CN2CCc3oc(-c4ccccc4)cc3C2)CC1. The summed E-state index contributed by atoms with van der Waals surface area (Å²) in [7, 11) is 0. The van der Waals surface area contributed by atoms with Crippen molar-refractivity contribution < 1.29 is 14.3 Å². The number of benzene rings is 1. The third-order valence-corrected chi connectivity index (χ3v) is 4.84. The predicted molar refractivity (Wildman–Crippen MR) is 82.4 cm³/mol. The molecular formula is C18H19NO3. The second-order valence-electron chi connectivity index (χ2n) is 6.47. The molecule has 4 rings (SSSR count). The summed E-state index contributed by atoms with van der Waals surface area (Å²) in [6, 6.07) is 12.2. The quantitative estimate of drug-likeness (QED) is 0.941. The smallest absolute Gasteiger partial charge is 0.310 e. The largest absolute Gasteiger partial charge is 0.481 e. The topological polar surface area (TPSA) is 53.7 Å². The van der Waals surface area contributed by atoms with Gasteiger partial charge in [0.05, 0.1) is 5.41 Å². The molecule has 0 saturated heterocycles. The summed E-state index contributed by atoms with van der Waals surface area (Å²) >= 11 is 0. The fourth-order valence-electron chi connectivity index (χ4n) is 3.29. The summed E-state index contributed by atoms with van der Waals surface area (Å²) in [6.45, 7) is 2.33. The maximum absolute atomic E-state index is 11.3. The van der Waals surface area contributed by atoms with Crippen molar-refractivity contribution in [3.8, 4) is 11.3 Å². The first-order chi connectivity index (χ1) is 10.7. The molecule has 1 aliphatic heterocycles. The minimum Gasteiger partial charge on any atom is -0.481 e. The van der Waals surface area contributed by atoms with Crippen LogP contribution < -0.4 is 0 Å². The molecule has 2 aliphatic rings. The Bertz CT molecular complexity index is 700. The van der Waals surface area contributed by atoms with Crippen molar-refractivity contribution in [2.45, 2.75) is 25.8 Å². The van der Waals surface area contributed by atoms with Gasteiger partial charge in [0.25, 0.3) is 0 Å². The second-order valence-corrected chi connectivity index (χ2v) is 6.47. The number of carboxylic acid groups (broad SMARTS) is 1. The van der Waals surface area contributed by atoms with Crippen LogP contribution in [0.3, 0.4) is 0 Å². The van der Waals surface area contributed by atoms with Crippen LogP contribution in [0.2, 0.25) is 0 Å². The lowest BCUT2D eigenvalue weighted by molar-refractivity contribution is -0.144. The number of carbonyl (C=O) groups is 1. The molecule has 114 valence electrons. The summed E-state index contributed by atoms with van der Waals surface area (Å²) in [6.07, 6.45) is 2.48. The second kappa shape index (κ2) is 4.99. The van der Waals surface area contributed by atoms with E-state index in [0.29, 0.717) is 6.54 Å². The van der Waals surface area contributed by atoms with Gasteiger partial charge in [-0.3, -0.25) is 9.69 Å². The van der Waals surface area contributed by atoms with Crippen molar-refractivity contribution in [3.63, 3.8) is 0 Å². The van der Waals surface area contributed by atoms with Gasteiger partial charge in [-0.1, -0.05) is 30.3 Å². The van der Waals surface area contributed by atoms with Crippen LogP contribution in [0.25, 0.3) is 11.3 Å². The van der Waals surface area contributed by atoms with Crippen molar-refractivity contribution in [1.29, 1.82) is 0 Å². The zero-order chi connectivity index (χ0) is 15.2. The highest BCUT2D eigenvalue weighted by atomic mass is 16.4. The lowest BCUT2D eigenvalue weighted by Crippen LogP contribution is -2.37. The lowest BCUT2D eigenvalue weighted by Gasteiger charge is -2.28. The maximum Gasteiger partial charge on any atom is 0.310 e. The van der Waals surface area contributed by atoms with Crippen LogP contribution in [0.1, 0.15) is 24.2 Å². The minimum absolute atomic E-state index is 0.483. The van der Waals surface area contributed by atoms with Crippen LogP contribution in [-0.2, 0) is 17.8 Å². The van der Waals surface area contributed by atoms with E-state index in [4.69, 9.17) is 4.42 Å². The lowest BCUT2D eigenvalue weighted by atomic mass is 10.0. The van der Waals surface area contributed by atoms with Gasteiger partial charge in [-0.2, -0.15) is 0 Å². The van der Waals surface area contributed by atoms with Crippen LogP contribution in [0.4, 0.5) is 0 Å². The molecule has 1 saturated carbocycles. The zero-order valence-electron chi connectivity index (χ0n) is 12.4. The first-order valence-electron chi connectivity index (χ1n) is 7.79. The number of hydrogen-bond acceptors (Lipinski definition) is 3. The highest BCUT2D eigenvalue weighted by Crippen LogP contribution is 2.47. The van der Waals surface area contributed by atoms with Crippen molar-refractivity contribution in [2.75, 3.05) is 13.1 Å². The number of furan rings is 1. The molecule has 22 heavy (non-hydrogen) atoms. The standard InChI is InChI=1S/C18H19NO3/c20-17(21)18(7-8-18)12-19-9-6-15-14(11-19)10-16(22-15)13-4-2-1-3-5-13/h1-5,10H,6-9,11-12H2,(H,20,21). The summed E-state index contributed by atoms with van der Waals surface area (Å²) in [5.74, 6) is 1.32. The molecule has 1 aromatic carbocycles. The number of carboxylic acids is 1. The van der Waals surface area contributed by atoms with E-state index < -0.39 is 11.4 Å². The van der Waals surface area contributed by atoms with Gasteiger partial charge < -0.3 is 9.52 Å². The fourth-order valence-corrected chi connectivity index (χ4v) is 3.29. The zero-order valence-corrected chi connectivity index (χ0v) is 12.4. The van der Waals surface area contributed by atoms with Gasteiger partial charge in [-0.25, -0.2) is 0 Å². The third kappa shape index (κ3) is 2.33. The van der Waals surface area contributed by atoms with E-state index in [2.05, 4.69) is 11.0 Å². The Labute approximate surface area is 129 Å². The van der Waals surface area contributed by atoms with Crippen LogP contribution in [0.5, 0.6) is 0 Å². The van der Waals surface area contributed by atoms with Crippen molar-refractivity contribution in [1.82, 2.24) is 4.90 Å². The van der Waals surface area contributed by atoms with Gasteiger partial charge in [0, 0.05) is 37.2 Å². The monoisotopic (exact) mass is 297 g/mol. The highest BCUT2D eigenvalue weighted by Gasteiger charge is 2.51. The molecular weight excluding hydrogens is 278 g/mol. The minimum atomic E-state index is -0.643. The van der Waals surface area contributed by atoms with E-state index in [1.807, 2.05) is 30.3 Å². The van der Waals surface area contributed by atoms with Gasteiger partial charge in [0.2, 0.25) is 0 Å². The van der Waals surface area contributed by atoms with Crippen LogP contribution >= 0.6 is 0 Å². The van der Waals surface area contributed by atoms with E-state index in [1.165, 1.54) is 5.56 Å². The van der Waals surface area contributed by atoms with Crippen molar-refractivity contribution >= 4 is 5.97 Å². The molecule has 0 unspecified atom stereocenters. The molecule has 0 amide bonds. The average molecular weight is 297 g/mol. The van der Waals surface area contributed by atoms with E-state index in [1.54, 1.807) is 0 Å². The number of fused-ring (bicyclic) bond motifs is 1. The number of hydrogen-bond donors (Lipinski definition) is 1. The number of aliphatic carboxylic acids is 1. The molecule has 2 heterocycles. The Balaban J connectivity index is 1.52. The normalized spacial score (nSPS) is 19.6. The molecule has 1 aliphatic carbocycles. The van der Waals surface area contributed by atoms with E-state index in [-0.39, 0.29) is 0 Å². The molecule has 1 aromatic heterocycles. The fraction of sp³-hybridized carbons (Fsp3) is 0.389. The van der Waals surface area contributed by atoms with Crippen LogP contribution in [0.15, 0.2) is 40.8 Å². The molecule has 0 radical (unpaired) electrons. The molecule has 1 N–H and O–H groups in total. The Morgan fingerprint density at radius 2 is 2.05 bits per heavy atom. The first kappa shape index (κ1) is 13.6. The molecule has 4 heteroatoms. The van der Waals surface area contributed by atoms with E-state index in [9.17, 15) is 9.90 Å². The summed E-state index contributed by atoms with van der Waals surface area (Å²) in [4.78, 5) is 13.6. The predicted octanol–water partition coefficient (Wildman–Crippen LogP) is 3.17.